The lowest BCUT2D eigenvalue weighted by atomic mass is 9.59. The number of hydrogen-bond acceptors (Lipinski definition) is 1. The van der Waals surface area contributed by atoms with Crippen LogP contribution in [0.3, 0.4) is 0 Å². The molecule has 2 aliphatic rings. The fraction of sp³-hybridized carbons (Fsp3) is 0.733. The van der Waals surface area contributed by atoms with E-state index in [1.165, 1.54) is 11.1 Å². The molecule has 16 heavy (non-hydrogen) atoms. The summed E-state index contributed by atoms with van der Waals surface area (Å²) in [5.41, 5.74) is 2.80. The van der Waals surface area contributed by atoms with E-state index in [4.69, 9.17) is 0 Å². The van der Waals surface area contributed by atoms with Crippen LogP contribution in [-0.2, 0) is 0 Å². The zero-order valence-corrected chi connectivity index (χ0v) is 10.8. The van der Waals surface area contributed by atoms with E-state index >= 15 is 0 Å². The van der Waals surface area contributed by atoms with Gasteiger partial charge in [0.15, 0.2) is 0 Å². The third-order valence-electron chi connectivity index (χ3n) is 4.79. The Morgan fingerprint density at radius 2 is 2.12 bits per heavy atom. The van der Waals surface area contributed by atoms with Gasteiger partial charge in [-0.05, 0) is 44.4 Å². The quantitative estimate of drug-likeness (QED) is 0.668. The fourth-order valence-corrected chi connectivity index (χ4v) is 3.45. The van der Waals surface area contributed by atoms with Crippen molar-refractivity contribution in [1.29, 1.82) is 0 Å². The minimum Gasteiger partial charge on any atom is -0.392 e. The van der Waals surface area contributed by atoms with Crippen LogP contribution in [0, 0.1) is 17.3 Å². The summed E-state index contributed by atoms with van der Waals surface area (Å²) in [6, 6.07) is 0. The lowest BCUT2D eigenvalue weighted by Crippen LogP contribution is -2.43. The second-order valence-electron chi connectivity index (χ2n) is 6.03. The first-order chi connectivity index (χ1) is 7.45. The van der Waals surface area contributed by atoms with Crippen LogP contribution in [0.1, 0.15) is 46.5 Å². The Kier molecular flexibility index (Phi) is 3.00. The summed E-state index contributed by atoms with van der Waals surface area (Å²) in [6.07, 6.45) is 6.62. The van der Waals surface area contributed by atoms with Gasteiger partial charge in [0.05, 0.1) is 6.10 Å². The van der Waals surface area contributed by atoms with Crippen LogP contribution in [0.15, 0.2) is 23.8 Å². The number of aliphatic hydroxyl groups excluding tert-OH is 1. The molecule has 90 valence electrons. The van der Waals surface area contributed by atoms with Crippen molar-refractivity contribution in [3.05, 3.63) is 23.8 Å². The van der Waals surface area contributed by atoms with Gasteiger partial charge in [0.1, 0.15) is 0 Å². The number of fused-ring (bicyclic) bond motifs is 1. The summed E-state index contributed by atoms with van der Waals surface area (Å²) < 4.78 is 0. The molecule has 0 radical (unpaired) electrons. The van der Waals surface area contributed by atoms with Gasteiger partial charge in [0.25, 0.3) is 0 Å². The molecular formula is C15H24O. The Bertz CT molecular complexity index is 328. The lowest BCUT2D eigenvalue weighted by molar-refractivity contribution is 0.0122. The number of hydrogen-bond donors (Lipinski definition) is 1. The molecule has 0 aliphatic heterocycles. The van der Waals surface area contributed by atoms with Crippen molar-refractivity contribution in [2.45, 2.75) is 52.6 Å². The maximum Gasteiger partial charge on any atom is 0.0631 e. The molecule has 1 heteroatoms. The smallest absolute Gasteiger partial charge is 0.0631 e. The minimum atomic E-state index is -0.138. The zero-order chi connectivity index (χ0) is 11.9. The predicted octanol–water partition coefficient (Wildman–Crippen LogP) is 3.70. The lowest BCUT2D eigenvalue weighted by Gasteiger charge is -2.48. The summed E-state index contributed by atoms with van der Waals surface area (Å²) >= 11 is 0. The second kappa shape index (κ2) is 4.03. The molecule has 2 rings (SSSR count). The van der Waals surface area contributed by atoms with Crippen LogP contribution in [0.5, 0.6) is 0 Å². The number of allylic oxidation sites excluding steroid dienone is 2. The molecule has 1 nitrogen and oxygen atoms in total. The summed E-state index contributed by atoms with van der Waals surface area (Å²) in [7, 11) is 0. The first kappa shape index (κ1) is 11.9. The summed E-state index contributed by atoms with van der Waals surface area (Å²) in [5, 5.41) is 10.2. The highest BCUT2D eigenvalue weighted by Crippen LogP contribution is 2.51. The molecule has 0 bridgehead atoms. The first-order valence-electron chi connectivity index (χ1n) is 6.51. The largest absolute Gasteiger partial charge is 0.392 e. The van der Waals surface area contributed by atoms with Gasteiger partial charge in [0.2, 0.25) is 0 Å². The number of aliphatic hydroxyl groups is 1. The monoisotopic (exact) mass is 220 g/mol. The molecule has 0 aromatic carbocycles. The molecule has 0 unspecified atom stereocenters. The Labute approximate surface area is 99.3 Å². The molecule has 0 heterocycles. The highest BCUT2D eigenvalue weighted by atomic mass is 16.3. The summed E-state index contributed by atoms with van der Waals surface area (Å²) in [4.78, 5) is 0. The average molecular weight is 220 g/mol. The van der Waals surface area contributed by atoms with Crippen LogP contribution in [0.2, 0.25) is 0 Å². The van der Waals surface area contributed by atoms with E-state index in [1.54, 1.807) is 0 Å². The van der Waals surface area contributed by atoms with E-state index in [0.29, 0.717) is 11.8 Å². The van der Waals surface area contributed by atoms with E-state index in [0.717, 1.165) is 25.7 Å². The first-order valence-corrected chi connectivity index (χ1v) is 6.51. The van der Waals surface area contributed by atoms with Crippen LogP contribution in [-0.4, -0.2) is 11.2 Å². The van der Waals surface area contributed by atoms with Crippen LogP contribution >= 0.6 is 0 Å². The van der Waals surface area contributed by atoms with Gasteiger partial charge in [-0.15, -0.1) is 0 Å². The third kappa shape index (κ3) is 1.75. The van der Waals surface area contributed by atoms with E-state index < -0.39 is 0 Å². The topological polar surface area (TPSA) is 20.2 Å². The van der Waals surface area contributed by atoms with Crippen LogP contribution in [0.4, 0.5) is 0 Å². The van der Waals surface area contributed by atoms with E-state index in [1.807, 2.05) is 0 Å². The molecule has 0 spiro atoms. The Morgan fingerprint density at radius 1 is 1.44 bits per heavy atom. The maximum absolute atomic E-state index is 10.2. The molecule has 0 aromatic rings. The molecule has 0 amide bonds. The van der Waals surface area contributed by atoms with Gasteiger partial charge < -0.3 is 5.11 Å². The Morgan fingerprint density at radius 3 is 2.75 bits per heavy atom. The van der Waals surface area contributed by atoms with Crippen molar-refractivity contribution in [2.75, 3.05) is 0 Å². The van der Waals surface area contributed by atoms with E-state index in [9.17, 15) is 5.11 Å². The average Bonchev–Trinajstić information content (AvgIpc) is 2.24. The molecular weight excluding hydrogens is 196 g/mol. The second-order valence-corrected chi connectivity index (χ2v) is 6.03. The normalized spacial score (nSPS) is 43.5. The van der Waals surface area contributed by atoms with Gasteiger partial charge in [0, 0.05) is 5.41 Å². The van der Waals surface area contributed by atoms with Gasteiger partial charge in [-0.1, -0.05) is 37.6 Å². The molecule has 0 aromatic heterocycles. The SMILES string of the molecule is C=C(C)[C@@H]1C=C2[C@H](C)CC[C@@H](O)[C@]2(C)CC1. The van der Waals surface area contributed by atoms with E-state index in [2.05, 4.69) is 33.4 Å². The van der Waals surface area contributed by atoms with Gasteiger partial charge in [-0.3, -0.25) is 0 Å². The molecule has 4 atom stereocenters. The standard InChI is InChI=1S/C15H24O/c1-10(2)12-7-8-15(4)13(9-12)11(3)5-6-14(15)16/h9,11-12,14,16H,1,5-8H2,2-4H3/t11-,12+,14-,15-/m1/s1. The molecule has 0 saturated heterocycles. The molecule has 2 aliphatic carbocycles. The fourth-order valence-electron chi connectivity index (χ4n) is 3.45. The van der Waals surface area contributed by atoms with Crippen molar-refractivity contribution < 1.29 is 5.11 Å². The van der Waals surface area contributed by atoms with Crippen molar-refractivity contribution in [1.82, 2.24) is 0 Å². The van der Waals surface area contributed by atoms with Crippen molar-refractivity contribution in [3.63, 3.8) is 0 Å². The third-order valence-corrected chi connectivity index (χ3v) is 4.79. The minimum absolute atomic E-state index is 0.0453. The van der Waals surface area contributed by atoms with Crippen LogP contribution < -0.4 is 0 Å². The maximum atomic E-state index is 10.2. The van der Waals surface area contributed by atoms with Gasteiger partial charge >= 0.3 is 0 Å². The zero-order valence-electron chi connectivity index (χ0n) is 10.8. The number of rotatable bonds is 1. The van der Waals surface area contributed by atoms with Crippen molar-refractivity contribution in [3.8, 4) is 0 Å². The Balaban J connectivity index is 2.35. The molecule has 1 N–H and O–H groups in total. The van der Waals surface area contributed by atoms with Crippen molar-refractivity contribution >= 4 is 0 Å². The summed E-state index contributed by atoms with van der Waals surface area (Å²) in [6.45, 7) is 10.7. The van der Waals surface area contributed by atoms with Crippen molar-refractivity contribution in [2.24, 2.45) is 17.3 Å². The van der Waals surface area contributed by atoms with Gasteiger partial charge in [-0.25, -0.2) is 0 Å². The highest BCUT2D eigenvalue weighted by Gasteiger charge is 2.44. The highest BCUT2D eigenvalue weighted by molar-refractivity contribution is 5.28. The van der Waals surface area contributed by atoms with Gasteiger partial charge in [-0.2, -0.15) is 0 Å². The predicted molar refractivity (Wildman–Crippen MR) is 68.1 cm³/mol. The Hall–Kier alpha value is -0.560. The molecule has 1 saturated carbocycles. The molecule has 1 fully saturated rings. The summed E-state index contributed by atoms with van der Waals surface area (Å²) in [5.74, 6) is 1.17. The van der Waals surface area contributed by atoms with Crippen LogP contribution in [0.25, 0.3) is 0 Å². The van der Waals surface area contributed by atoms with E-state index in [-0.39, 0.29) is 11.5 Å².